The van der Waals surface area contributed by atoms with Gasteiger partial charge in [-0.25, -0.2) is 8.78 Å². The predicted molar refractivity (Wildman–Crippen MR) is 256 cm³/mol. The first-order valence-electron chi connectivity index (χ1n) is 23.0. The minimum Gasteiger partial charge on any atom is -0.387 e. The summed E-state index contributed by atoms with van der Waals surface area (Å²) >= 11 is 0. The van der Waals surface area contributed by atoms with Crippen molar-refractivity contribution >= 4 is 47.0 Å². The number of primary amides is 1. The monoisotopic (exact) mass is 970 g/mol. The number of nitrogens with one attached hydrogen (secondary N) is 4. The number of nitrogens with zero attached hydrogens (tertiary/aromatic N) is 3. The molecule has 0 aliphatic heterocycles. The van der Waals surface area contributed by atoms with E-state index in [9.17, 15) is 47.9 Å². The van der Waals surface area contributed by atoms with E-state index >= 15 is 4.39 Å². The standard InChI is InChI=1S/C51H64F2N8O9/c1-31(23-43(64)33(3)57-45(66)24-34-16-20-55-21-17-34)48(68)59-41(27-44(54)65)50(70)58-40(49(69)56-19-10-11-32(2)63)18-22-61(46(67)30-62)47(51(4,5)6)42-25-36(38-26-37(52)14-15-39(38)53)29-60(42)28-35-12-8-7-9-13-35/h7-9,12-17,20-21,25-26,29,31,33,40-41,47,62H,10-11,18-19,22-24,27-28,30H2,1-6H3,(H2,54,65)(H,56,69)(H,57,66)(H,58,70)(H,59,68)/t31-,33-,40-,41-,47-/m0/s1. The Kier molecular flexibility index (Phi) is 20.6. The number of hydrogen-bond acceptors (Lipinski definition) is 10. The molecule has 0 unspecified atom stereocenters. The highest BCUT2D eigenvalue weighted by atomic mass is 19.1. The number of ketones is 2. The molecule has 0 saturated carbocycles. The molecule has 6 amide bonds. The second-order valence-corrected chi connectivity index (χ2v) is 18.5. The Bertz CT molecular complexity index is 2480. The van der Waals surface area contributed by atoms with E-state index in [1.165, 1.54) is 38.1 Å². The van der Waals surface area contributed by atoms with Crippen LogP contribution in [0.5, 0.6) is 0 Å². The zero-order chi connectivity index (χ0) is 51.7. The Hall–Kier alpha value is -7.15. The third-order valence-electron chi connectivity index (χ3n) is 11.5. The molecule has 19 heteroatoms. The fraction of sp³-hybridized carbons (Fsp3) is 0.431. The van der Waals surface area contributed by atoms with Gasteiger partial charge in [0.05, 0.1) is 24.9 Å². The van der Waals surface area contributed by atoms with Gasteiger partial charge in [-0.15, -0.1) is 0 Å². The average molecular weight is 971 g/mol. The topological polar surface area (TPSA) is 252 Å². The first kappa shape index (κ1) is 55.4. The normalized spacial score (nSPS) is 13.4. The van der Waals surface area contributed by atoms with Crippen molar-refractivity contribution in [3.05, 3.63) is 114 Å². The van der Waals surface area contributed by atoms with Crippen LogP contribution in [0.25, 0.3) is 11.1 Å². The minimum absolute atomic E-state index is 0.00540. The van der Waals surface area contributed by atoms with Gasteiger partial charge in [-0.3, -0.25) is 38.5 Å². The van der Waals surface area contributed by atoms with Gasteiger partial charge in [-0.05, 0) is 79.6 Å². The third-order valence-corrected chi connectivity index (χ3v) is 11.5. The van der Waals surface area contributed by atoms with Crippen molar-refractivity contribution in [1.82, 2.24) is 35.7 Å². The van der Waals surface area contributed by atoms with Crippen LogP contribution in [0.3, 0.4) is 0 Å². The summed E-state index contributed by atoms with van der Waals surface area (Å²) in [5.74, 6) is -7.73. The van der Waals surface area contributed by atoms with E-state index in [-0.39, 0.29) is 63.1 Å². The van der Waals surface area contributed by atoms with Crippen LogP contribution < -0.4 is 27.0 Å². The Morgan fingerprint density at radius 3 is 2.13 bits per heavy atom. The quantitative estimate of drug-likeness (QED) is 0.0496. The molecule has 0 saturated heterocycles. The van der Waals surface area contributed by atoms with Crippen molar-refractivity contribution in [2.24, 2.45) is 17.1 Å². The number of rotatable bonds is 26. The highest BCUT2D eigenvalue weighted by Crippen LogP contribution is 2.41. The second kappa shape index (κ2) is 26.0. The lowest BCUT2D eigenvalue weighted by atomic mass is 9.82. The van der Waals surface area contributed by atoms with E-state index in [0.717, 1.165) is 23.8 Å². The van der Waals surface area contributed by atoms with Crippen molar-refractivity contribution in [2.75, 3.05) is 19.7 Å². The first-order valence-corrected chi connectivity index (χ1v) is 23.0. The van der Waals surface area contributed by atoms with Crippen LogP contribution in [-0.4, -0.2) is 104 Å². The molecule has 5 atom stereocenters. The third kappa shape index (κ3) is 16.8. The van der Waals surface area contributed by atoms with Crippen molar-refractivity contribution < 1.29 is 52.2 Å². The lowest BCUT2D eigenvalue weighted by Crippen LogP contribution is -2.56. The van der Waals surface area contributed by atoms with Gasteiger partial charge < -0.3 is 46.4 Å². The summed E-state index contributed by atoms with van der Waals surface area (Å²) in [6.07, 6.45) is 3.76. The molecule has 2 aromatic carbocycles. The SMILES string of the molecule is CC(=O)CCCNC(=O)[C@H](CCN(C(=O)CO)[C@@H](c1cc(-c2cc(F)ccc2F)cn1Cc1ccccc1)C(C)(C)C)NC(=O)[C@H](CC(N)=O)NC(=O)[C@@H](C)CC(=O)[C@H](C)NC(=O)Cc1ccncc1. The summed E-state index contributed by atoms with van der Waals surface area (Å²) in [7, 11) is 0. The smallest absolute Gasteiger partial charge is 0.248 e. The van der Waals surface area contributed by atoms with E-state index in [1.807, 2.05) is 51.1 Å². The molecule has 4 rings (SSSR count). The van der Waals surface area contributed by atoms with Gasteiger partial charge in [-0.1, -0.05) is 58.0 Å². The average Bonchev–Trinajstić information content (AvgIpc) is 3.70. The zero-order valence-electron chi connectivity index (χ0n) is 40.4. The Morgan fingerprint density at radius 1 is 0.829 bits per heavy atom. The highest BCUT2D eigenvalue weighted by Gasteiger charge is 2.38. The molecule has 2 aromatic heterocycles. The number of Topliss-reactive ketones (excluding diaryl/α,β-unsaturated/α-hetero) is 2. The molecule has 376 valence electrons. The Morgan fingerprint density at radius 2 is 1.50 bits per heavy atom. The van der Waals surface area contributed by atoms with E-state index in [0.29, 0.717) is 16.8 Å². The van der Waals surface area contributed by atoms with E-state index in [2.05, 4.69) is 26.3 Å². The number of carbonyl (C=O) groups excluding carboxylic acids is 8. The maximum absolute atomic E-state index is 15.3. The fourth-order valence-corrected chi connectivity index (χ4v) is 7.94. The van der Waals surface area contributed by atoms with Gasteiger partial charge >= 0.3 is 0 Å². The molecular formula is C51H64F2N8O9. The predicted octanol–water partition coefficient (Wildman–Crippen LogP) is 3.85. The molecule has 17 nitrogen and oxygen atoms in total. The van der Waals surface area contributed by atoms with Crippen LogP contribution in [0.15, 0.2) is 85.3 Å². The van der Waals surface area contributed by atoms with Gasteiger partial charge in [0.25, 0.3) is 0 Å². The van der Waals surface area contributed by atoms with E-state index < -0.39 is 101 Å². The molecule has 0 bridgehead atoms. The van der Waals surface area contributed by atoms with Gasteiger partial charge in [0.2, 0.25) is 35.4 Å². The summed E-state index contributed by atoms with van der Waals surface area (Å²) in [4.78, 5) is 110. The molecule has 0 fully saturated rings. The summed E-state index contributed by atoms with van der Waals surface area (Å²) in [5, 5.41) is 20.7. The summed E-state index contributed by atoms with van der Waals surface area (Å²) in [6, 6.07) is 12.4. The number of pyridine rings is 1. The van der Waals surface area contributed by atoms with Crippen LogP contribution >= 0.6 is 0 Å². The van der Waals surface area contributed by atoms with E-state index in [4.69, 9.17) is 5.73 Å². The minimum atomic E-state index is -1.63. The van der Waals surface area contributed by atoms with Crippen LogP contribution in [0.2, 0.25) is 0 Å². The van der Waals surface area contributed by atoms with Gasteiger partial charge in [-0.2, -0.15) is 0 Å². The molecule has 0 aliphatic carbocycles. The maximum Gasteiger partial charge on any atom is 0.248 e. The van der Waals surface area contributed by atoms with Crippen LogP contribution in [0.1, 0.15) is 96.5 Å². The van der Waals surface area contributed by atoms with Crippen molar-refractivity contribution in [3.8, 4) is 11.1 Å². The van der Waals surface area contributed by atoms with Crippen LogP contribution in [-0.2, 0) is 51.3 Å². The lowest BCUT2D eigenvalue weighted by Gasteiger charge is -2.41. The number of hydrogen-bond donors (Lipinski definition) is 6. The largest absolute Gasteiger partial charge is 0.387 e. The van der Waals surface area contributed by atoms with Gasteiger partial charge in [0, 0.05) is 73.8 Å². The first-order chi connectivity index (χ1) is 33.1. The van der Waals surface area contributed by atoms with Crippen LogP contribution in [0, 0.1) is 23.0 Å². The van der Waals surface area contributed by atoms with Gasteiger partial charge in [0.15, 0.2) is 5.78 Å². The molecule has 70 heavy (non-hydrogen) atoms. The van der Waals surface area contributed by atoms with Crippen molar-refractivity contribution in [2.45, 2.75) is 111 Å². The number of benzene rings is 2. The molecule has 0 radical (unpaired) electrons. The Labute approximate surface area is 406 Å². The molecule has 7 N–H and O–H groups in total. The van der Waals surface area contributed by atoms with E-state index in [1.54, 1.807) is 29.0 Å². The summed E-state index contributed by atoms with van der Waals surface area (Å²) in [5.41, 5.74) is 6.96. The number of aromatic nitrogens is 2. The molecule has 4 aromatic rings. The van der Waals surface area contributed by atoms with Gasteiger partial charge in [0.1, 0.15) is 36.1 Å². The highest BCUT2D eigenvalue weighted by molar-refractivity contribution is 5.96. The lowest BCUT2D eigenvalue weighted by molar-refractivity contribution is -0.140. The molecule has 2 heterocycles. The molecule has 0 aliphatic rings. The summed E-state index contributed by atoms with van der Waals surface area (Å²) in [6.45, 7) is 8.82. The fourth-order valence-electron chi connectivity index (χ4n) is 7.94. The van der Waals surface area contributed by atoms with Crippen molar-refractivity contribution in [3.63, 3.8) is 0 Å². The second-order valence-electron chi connectivity index (χ2n) is 18.5. The van der Waals surface area contributed by atoms with Crippen LogP contribution in [0.4, 0.5) is 8.78 Å². The number of amides is 6. The number of carbonyl (C=O) groups is 8. The summed E-state index contributed by atoms with van der Waals surface area (Å²) < 4.78 is 31.7. The maximum atomic E-state index is 15.3. The molecular weight excluding hydrogens is 907 g/mol. The molecule has 0 spiro atoms. The Balaban J connectivity index is 1.63. The number of aliphatic hydroxyl groups is 1. The number of aliphatic hydroxyl groups excluding tert-OH is 1. The number of halogens is 2. The zero-order valence-corrected chi connectivity index (χ0v) is 40.4. The van der Waals surface area contributed by atoms with Crippen molar-refractivity contribution in [1.29, 1.82) is 0 Å². The number of nitrogens with two attached hydrogens (primary N) is 1.